The molecular formula is C18H16INO4. The van der Waals surface area contributed by atoms with Crippen molar-refractivity contribution in [3.05, 3.63) is 68.9 Å². The van der Waals surface area contributed by atoms with Gasteiger partial charge in [0.15, 0.2) is 0 Å². The molecule has 0 radical (unpaired) electrons. The summed E-state index contributed by atoms with van der Waals surface area (Å²) in [7, 11) is 0. The monoisotopic (exact) mass is 437 g/mol. The maximum absolute atomic E-state index is 11.2. The number of carboxylic acid groups (broad SMARTS) is 1. The second-order valence-corrected chi connectivity index (χ2v) is 6.12. The van der Waals surface area contributed by atoms with Crippen molar-refractivity contribution in [2.45, 2.75) is 13.5 Å². The van der Waals surface area contributed by atoms with Crippen LogP contribution in [0.15, 0.2) is 54.2 Å². The molecule has 6 heteroatoms. The third-order valence-electron chi connectivity index (χ3n) is 3.10. The topological polar surface area (TPSA) is 75.6 Å². The number of hydrogen-bond donors (Lipinski definition) is 2. The molecule has 124 valence electrons. The van der Waals surface area contributed by atoms with E-state index in [4.69, 9.17) is 4.74 Å². The van der Waals surface area contributed by atoms with E-state index in [1.54, 1.807) is 18.2 Å². The van der Waals surface area contributed by atoms with Crippen LogP contribution in [0.3, 0.4) is 0 Å². The number of nitrogens with one attached hydrogen (secondary N) is 1. The lowest BCUT2D eigenvalue weighted by molar-refractivity contribution is -0.134. The minimum Gasteiger partial charge on any atom is -0.488 e. The molecule has 24 heavy (non-hydrogen) atoms. The Kier molecular flexibility index (Phi) is 6.36. The van der Waals surface area contributed by atoms with E-state index in [0.29, 0.717) is 17.9 Å². The van der Waals surface area contributed by atoms with Gasteiger partial charge in [0.05, 0.1) is 0 Å². The summed E-state index contributed by atoms with van der Waals surface area (Å²) < 4.78 is 6.92. The Morgan fingerprint density at radius 3 is 2.50 bits per heavy atom. The molecule has 0 fully saturated rings. The Morgan fingerprint density at radius 2 is 1.83 bits per heavy atom. The quantitative estimate of drug-likeness (QED) is 0.537. The van der Waals surface area contributed by atoms with Gasteiger partial charge in [0.1, 0.15) is 18.1 Å². The van der Waals surface area contributed by atoms with Crippen molar-refractivity contribution >= 4 is 40.5 Å². The second kappa shape index (κ2) is 8.49. The summed E-state index contributed by atoms with van der Waals surface area (Å²) in [6, 6.07) is 14.9. The molecule has 0 saturated heterocycles. The van der Waals surface area contributed by atoms with Crippen LogP contribution < -0.4 is 10.1 Å². The first-order valence-electron chi connectivity index (χ1n) is 7.15. The van der Waals surface area contributed by atoms with Crippen molar-refractivity contribution in [3.63, 3.8) is 0 Å². The summed E-state index contributed by atoms with van der Waals surface area (Å²) in [6.07, 6.45) is 1.38. The number of amides is 1. The molecule has 0 aliphatic carbocycles. The Balaban J connectivity index is 2.25. The van der Waals surface area contributed by atoms with E-state index < -0.39 is 11.9 Å². The smallest absolute Gasteiger partial charge is 0.352 e. The minimum absolute atomic E-state index is 0.201. The van der Waals surface area contributed by atoms with Gasteiger partial charge in [-0.2, -0.15) is 0 Å². The minimum atomic E-state index is -1.21. The Labute approximate surface area is 153 Å². The van der Waals surface area contributed by atoms with Crippen LogP contribution in [0.25, 0.3) is 6.08 Å². The largest absolute Gasteiger partial charge is 0.488 e. The van der Waals surface area contributed by atoms with Crippen LogP contribution in [-0.4, -0.2) is 17.0 Å². The number of benzene rings is 2. The zero-order chi connectivity index (χ0) is 17.5. The summed E-state index contributed by atoms with van der Waals surface area (Å²) >= 11 is 2.24. The van der Waals surface area contributed by atoms with Crippen molar-refractivity contribution in [2.24, 2.45) is 0 Å². The fourth-order valence-electron chi connectivity index (χ4n) is 2.00. The number of halogens is 1. The van der Waals surface area contributed by atoms with Crippen LogP contribution in [0.5, 0.6) is 5.75 Å². The molecule has 1 amide bonds. The number of rotatable bonds is 6. The summed E-state index contributed by atoms with van der Waals surface area (Å²) in [6.45, 7) is 1.63. The Hall–Kier alpha value is -2.35. The van der Waals surface area contributed by atoms with E-state index >= 15 is 0 Å². The lowest BCUT2D eigenvalue weighted by Gasteiger charge is -2.11. The summed E-state index contributed by atoms with van der Waals surface area (Å²) in [4.78, 5) is 22.4. The molecule has 0 atom stereocenters. The summed E-state index contributed by atoms with van der Waals surface area (Å²) in [5.74, 6) is -1.11. The second-order valence-electron chi connectivity index (χ2n) is 4.96. The highest BCUT2D eigenvalue weighted by atomic mass is 127. The average Bonchev–Trinajstić information content (AvgIpc) is 2.54. The van der Waals surface area contributed by atoms with Crippen molar-refractivity contribution < 1.29 is 19.4 Å². The van der Waals surface area contributed by atoms with Gasteiger partial charge in [-0.25, -0.2) is 4.79 Å². The zero-order valence-electron chi connectivity index (χ0n) is 13.0. The molecule has 0 spiro atoms. The highest BCUT2D eigenvalue weighted by Gasteiger charge is 2.11. The summed E-state index contributed by atoms with van der Waals surface area (Å²) in [5, 5.41) is 11.5. The third-order valence-corrected chi connectivity index (χ3v) is 4.15. The van der Waals surface area contributed by atoms with E-state index in [0.717, 1.165) is 9.13 Å². The van der Waals surface area contributed by atoms with Crippen LogP contribution in [0.2, 0.25) is 0 Å². The molecule has 2 aromatic rings. The van der Waals surface area contributed by atoms with Gasteiger partial charge < -0.3 is 15.2 Å². The fourth-order valence-corrected chi connectivity index (χ4v) is 2.54. The molecule has 0 aromatic heterocycles. The molecule has 5 nitrogen and oxygen atoms in total. The first kappa shape index (κ1) is 18.0. The first-order chi connectivity index (χ1) is 11.5. The third kappa shape index (κ3) is 5.09. The highest BCUT2D eigenvalue weighted by Crippen LogP contribution is 2.23. The number of aliphatic carboxylic acids is 1. The predicted molar refractivity (Wildman–Crippen MR) is 99.4 cm³/mol. The standard InChI is InChI=1S/C18H16INO4/c1-12(21)20-16(18(22)23)10-13-6-3-5-9-17(13)24-11-14-7-2-4-8-15(14)19/h2-10H,11H2,1H3,(H,20,21)(H,22,23). The lowest BCUT2D eigenvalue weighted by Crippen LogP contribution is -2.24. The number of para-hydroxylation sites is 1. The number of hydrogen-bond acceptors (Lipinski definition) is 3. The van der Waals surface area contributed by atoms with E-state index in [-0.39, 0.29) is 5.70 Å². The number of carbonyl (C=O) groups is 2. The van der Waals surface area contributed by atoms with Crippen molar-refractivity contribution in [1.82, 2.24) is 5.32 Å². The molecule has 2 N–H and O–H groups in total. The van der Waals surface area contributed by atoms with Gasteiger partial charge in [0.2, 0.25) is 5.91 Å². The Morgan fingerprint density at radius 1 is 1.17 bits per heavy atom. The molecule has 0 bridgehead atoms. The number of ether oxygens (including phenoxy) is 1. The van der Waals surface area contributed by atoms with Gasteiger partial charge in [-0.05, 0) is 40.8 Å². The van der Waals surface area contributed by atoms with E-state index in [2.05, 4.69) is 27.9 Å². The van der Waals surface area contributed by atoms with Gasteiger partial charge in [0.25, 0.3) is 0 Å². The van der Waals surface area contributed by atoms with Crippen LogP contribution >= 0.6 is 22.6 Å². The summed E-state index contributed by atoms with van der Waals surface area (Å²) in [5.41, 5.74) is 1.42. The van der Waals surface area contributed by atoms with Gasteiger partial charge in [-0.3, -0.25) is 4.79 Å². The van der Waals surface area contributed by atoms with Crippen LogP contribution in [-0.2, 0) is 16.2 Å². The molecule has 0 saturated carbocycles. The molecule has 0 unspecified atom stereocenters. The van der Waals surface area contributed by atoms with E-state index in [9.17, 15) is 14.7 Å². The molecular weight excluding hydrogens is 421 g/mol. The Bertz CT molecular complexity index is 786. The van der Waals surface area contributed by atoms with Crippen molar-refractivity contribution in [3.8, 4) is 5.75 Å². The molecule has 0 aliphatic rings. The van der Waals surface area contributed by atoms with Crippen LogP contribution in [0.4, 0.5) is 0 Å². The highest BCUT2D eigenvalue weighted by molar-refractivity contribution is 14.1. The van der Waals surface area contributed by atoms with Gasteiger partial charge >= 0.3 is 5.97 Å². The lowest BCUT2D eigenvalue weighted by atomic mass is 10.1. The average molecular weight is 437 g/mol. The van der Waals surface area contributed by atoms with Crippen molar-refractivity contribution in [2.75, 3.05) is 0 Å². The maximum Gasteiger partial charge on any atom is 0.352 e. The zero-order valence-corrected chi connectivity index (χ0v) is 15.1. The van der Waals surface area contributed by atoms with E-state index in [1.165, 1.54) is 13.0 Å². The van der Waals surface area contributed by atoms with Crippen molar-refractivity contribution in [1.29, 1.82) is 0 Å². The number of carbonyl (C=O) groups excluding carboxylic acids is 1. The molecule has 2 rings (SSSR count). The van der Waals surface area contributed by atoms with E-state index in [1.807, 2.05) is 30.3 Å². The SMILES string of the molecule is CC(=O)NC(=Cc1ccccc1OCc1ccccc1I)C(=O)O. The fraction of sp³-hybridized carbons (Fsp3) is 0.111. The van der Waals surface area contributed by atoms with Gasteiger partial charge in [0, 0.05) is 21.6 Å². The normalized spacial score (nSPS) is 11.0. The molecule has 0 heterocycles. The number of carboxylic acids is 1. The first-order valence-corrected chi connectivity index (χ1v) is 8.23. The van der Waals surface area contributed by atoms with Gasteiger partial charge in [-0.15, -0.1) is 0 Å². The maximum atomic E-state index is 11.2. The molecule has 2 aromatic carbocycles. The molecule has 0 aliphatic heterocycles. The van der Waals surface area contributed by atoms with Gasteiger partial charge in [-0.1, -0.05) is 36.4 Å². The van der Waals surface area contributed by atoms with Crippen LogP contribution in [0.1, 0.15) is 18.1 Å². The predicted octanol–water partition coefficient (Wildman–Crippen LogP) is 3.43. The van der Waals surface area contributed by atoms with Crippen LogP contribution in [0, 0.1) is 3.57 Å².